The monoisotopic (exact) mass is 875 g/mol. The topological polar surface area (TPSA) is 162 Å². The molecule has 1 saturated heterocycles. The fourth-order valence-electron chi connectivity index (χ4n) is 8.77. The van der Waals surface area contributed by atoms with Crippen LogP contribution in [-0.4, -0.2) is 69.8 Å². The lowest BCUT2D eigenvalue weighted by atomic mass is 9.90. The average molecular weight is 876 g/mol. The number of hydrogen-bond acceptors (Lipinski definition) is 11. The predicted molar refractivity (Wildman–Crippen MR) is 221 cm³/mol. The number of allylic oxidation sites excluding steroid dienone is 2. The molecule has 5 heterocycles. The number of rotatable bonds is 8. The maximum absolute atomic E-state index is 14.9. The molecule has 3 fully saturated rings. The summed E-state index contributed by atoms with van der Waals surface area (Å²) < 4.78 is 81.5. The fourth-order valence-corrected chi connectivity index (χ4v) is 11.0. The Morgan fingerprint density at radius 2 is 1.82 bits per heavy atom. The third kappa shape index (κ3) is 8.42. The normalized spacial score (nSPS) is 25.7. The van der Waals surface area contributed by atoms with Gasteiger partial charge in [-0.1, -0.05) is 49.3 Å². The molecule has 5 aromatic rings. The molecule has 61 heavy (non-hydrogen) atoms. The Morgan fingerprint density at radius 3 is 2.56 bits per heavy atom. The van der Waals surface area contributed by atoms with Crippen molar-refractivity contribution in [2.75, 3.05) is 6.54 Å². The number of furan rings is 1. The molecule has 2 aliphatic carbocycles. The third-order valence-corrected chi connectivity index (χ3v) is 15.2. The van der Waals surface area contributed by atoms with Crippen LogP contribution >= 0.6 is 11.3 Å². The third-order valence-electron chi connectivity index (χ3n) is 12.4. The summed E-state index contributed by atoms with van der Waals surface area (Å²) in [4.78, 5) is 59.0. The molecule has 17 heteroatoms. The van der Waals surface area contributed by atoms with E-state index in [1.54, 1.807) is 29.2 Å². The summed E-state index contributed by atoms with van der Waals surface area (Å²) in [5.74, 6) is -2.08. The summed E-state index contributed by atoms with van der Waals surface area (Å²) in [7, 11) is -3.89. The van der Waals surface area contributed by atoms with E-state index in [1.807, 2.05) is 24.5 Å². The van der Waals surface area contributed by atoms with Crippen LogP contribution in [0, 0.1) is 24.2 Å². The Labute approximate surface area is 354 Å². The van der Waals surface area contributed by atoms with Gasteiger partial charge in [-0.05, 0) is 75.6 Å². The molecule has 12 nitrogen and oxygen atoms in total. The quantitative estimate of drug-likeness (QED) is 0.151. The number of fused-ring (bicyclic) bond motifs is 5. The van der Waals surface area contributed by atoms with E-state index < -0.39 is 56.4 Å². The highest BCUT2D eigenvalue weighted by Gasteiger charge is 2.61. The SMILES string of the molecule is Cc1csc(C[C@H]2CCCCC/C=C\[C@@H]3C[C@@]3(C(=O)NS(=O)(=O)C3CC3)CC(=O)[C@@H]3C[C@@H](Oc4nc(-c5ccc(C(F)(F)F)cc5)nc5c4oc4ccccc45)CN3C2=O)n1. The standard InChI is InChI=1S/C44H44F3N5O7S2/c1-25-24-60-36(48-25)19-27-9-5-3-2-4-6-10-29-21-43(29,42(55)51-61(56,57)31-17-18-31)22-34(53)33-20-30(23-52(33)41(27)54)58-40-38-37(32-11-7-8-12-35(32)59-38)49-39(50-40)26-13-15-28(16-14-26)44(45,46)47/h6-8,10-16,24,27,29-31,33H,2-5,9,17-23H2,1H3,(H,51,55)/b10-6-/t27-,29-,30-,33+,43-/m1/s1. The van der Waals surface area contributed by atoms with Crippen LogP contribution in [-0.2, 0) is 37.0 Å². The van der Waals surface area contributed by atoms with Crippen LogP contribution in [0.2, 0.25) is 0 Å². The summed E-state index contributed by atoms with van der Waals surface area (Å²) in [6.07, 6.45) is 3.79. The molecule has 0 spiro atoms. The molecule has 5 atom stereocenters. The van der Waals surface area contributed by atoms with E-state index in [2.05, 4.69) is 14.7 Å². The first kappa shape index (κ1) is 41.2. The van der Waals surface area contributed by atoms with E-state index in [-0.39, 0.29) is 54.3 Å². The number of carbonyl (C=O) groups is 3. The zero-order valence-electron chi connectivity index (χ0n) is 33.3. The molecule has 4 aliphatic rings. The van der Waals surface area contributed by atoms with E-state index in [0.717, 1.165) is 48.5 Å². The van der Waals surface area contributed by atoms with Gasteiger partial charge < -0.3 is 14.1 Å². The van der Waals surface area contributed by atoms with Crippen LogP contribution in [0.4, 0.5) is 13.2 Å². The minimum absolute atomic E-state index is 0.00734. The van der Waals surface area contributed by atoms with Gasteiger partial charge in [0.2, 0.25) is 27.4 Å². The lowest BCUT2D eigenvalue weighted by Gasteiger charge is -2.29. The van der Waals surface area contributed by atoms with Crippen molar-refractivity contribution in [1.29, 1.82) is 0 Å². The van der Waals surface area contributed by atoms with Crippen molar-refractivity contribution in [2.45, 2.75) is 101 Å². The molecule has 0 radical (unpaired) electrons. The Bertz CT molecular complexity index is 2660. The van der Waals surface area contributed by atoms with Crippen molar-refractivity contribution < 1.29 is 45.1 Å². The van der Waals surface area contributed by atoms with Gasteiger partial charge in [-0.2, -0.15) is 18.2 Å². The molecule has 320 valence electrons. The van der Waals surface area contributed by atoms with Crippen LogP contribution < -0.4 is 9.46 Å². The largest absolute Gasteiger partial charge is 0.470 e. The second-order valence-electron chi connectivity index (χ2n) is 16.8. The second kappa shape index (κ2) is 15.9. The number of alkyl halides is 3. The molecule has 2 aromatic carbocycles. The molecule has 2 aliphatic heterocycles. The van der Waals surface area contributed by atoms with Crippen molar-refractivity contribution in [3.05, 3.63) is 82.3 Å². The minimum Gasteiger partial charge on any atom is -0.470 e. The van der Waals surface area contributed by atoms with Gasteiger partial charge in [0.25, 0.3) is 5.88 Å². The number of aryl methyl sites for hydroxylation is 1. The van der Waals surface area contributed by atoms with E-state index in [9.17, 15) is 36.0 Å². The maximum atomic E-state index is 14.9. The number of sulfonamides is 1. The van der Waals surface area contributed by atoms with Gasteiger partial charge >= 0.3 is 6.18 Å². The molecule has 0 bridgehead atoms. The Hall–Kier alpha value is -5.16. The van der Waals surface area contributed by atoms with Crippen LogP contribution in [0.5, 0.6) is 5.88 Å². The smallest absolute Gasteiger partial charge is 0.416 e. The van der Waals surface area contributed by atoms with Crippen LogP contribution in [0.3, 0.4) is 0 Å². The van der Waals surface area contributed by atoms with E-state index >= 15 is 0 Å². The van der Waals surface area contributed by atoms with E-state index in [1.165, 1.54) is 23.5 Å². The van der Waals surface area contributed by atoms with Crippen molar-refractivity contribution in [3.63, 3.8) is 0 Å². The first-order valence-electron chi connectivity index (χ1n) is 20.7. The fraction of sp³-hybridized carbons (Fsp3) is 0.455. The van der Waals surface area contributed by atoms with Crippen molar-refractivity contribution >= 4 is 61.0 Å². The van der Waals surface area contributed by atoms with Crippen LogP contribution in [0.1, 0.15) is 80.5 Å². The van der Waals surface area contributed by atoms with Crippen molar-refractivity contribution in [1.82, 2.24) is 24.6 Å². The molecule has 0 unspecified atom stereocenters. The molecule has 9 rings (SSSR count). The lowest BCUT2D eigenvalue weighted by Crippen LogP contribution is -2.46. The zero-order chi connectivity index (χ0) is 42.7. The van der Waals surface area contributed by atoms with Crippen LogP contribution in [0.15, 0.2) is 70.5 Å². The molecular weight excluding hydrogens is 832 g/mol. The van der Waals surface area contributed by atoms with Crippen molar-refractivity contribution in [2.24, 2.45) is 17.3 Å². The van der Waals surface area contributed by atoms with Crippen LogP contribution in [0.25, 0.3) is 33.5 Å². The molecule has 3 aromatic heterocycles. The Kier molecular flexibility index (Phi) is 10.8. The van der Waals surface area contributed by atoms with Gasteiger partial charge in [0.1, 0.15) is 17.2 Å². The van der Waals surface area contributed by atoms with E-state index in [0.29, 0.717) is 54.2 Å². The summed E-state index contributed by atoms with van der Waals surface area (Å²) in [5, 5.41) is 2.74. The molecular formula is C44H44F3N5O7S2. The second-order valence-corrected chi connectivity index (χ2v) is 19.7. The van der Waals surface area contributed by atoms with Gasteiger partial charge in [0.05, 0.1) is 33.8 Å². The highest BCUT2D eigenvalue weighted by molar-refractivity contribution is 7.90. The Balaban J connectivity index is 1.07. The number of ether oxygens (including phenoxy) is 1. The van der Waals surface area contributed by atoms with Crippen molar-refractivity contribution in [3.8, 4) is 17.3 Å². The zero-order valence-corrected chi connectivity index (χ0v) is 35.0. The number of carbonyl (C=O) groups excluding carboxylic acids is 3. The van der Waals surface area contributed by atoms with E-state index in [4.69, 9.17) is 14.1 Å². The number of benzene rings is 2. The number of ketones is 1. The van der Waals surface area contributed by atoms with Gasteiger partial charge in [0, 0.05) is 47.2 Å². The highest BCUT2D eigenvalue weighted by atomic mass is 32.2. The van der Waals surface area contributed by atoms with Gasteiger partial charge in [-0.3, -0.25) is 19.1 Å². The molecule has 1 N–H and O–H groups in total. The number of amides is 2. The molecule has 2 saturated carbocycles. The van der Waals surface area contributed by atoms with Gasteiger partial charge in [0.15, 0.2) is 11.6 Å². The maximum Gasteiger partial charge on any atom is 0.416 e. The number of aromatic nitrogens is 3. The summed E-state index contributed by atoms with van der Waals surface area (Å²) >= 11 is 1.48. The summed E-state index contributed by atoms with van der Waals surface area (Å²) in [6, 6.07) is 10.6. The summed E-state index contributed by atoms with van der Waals surface area (Å²) in [5.41, 5.74) is 0.0772. The number of thiazole rings is 1. The first-order valence-corrected chi connectivity index (χ1v) is 23.1. The number of para-hydroxylation sites is 1. The Morgan fingerprint density at radius 1 is 1.03 bits per heavy atom. The number of halogens is 3. The van der Waals surface area contributed by atoms with Gasteiger partial charge in [-0.15, -0.1) is 11.3 Å². The molecule has 2 amide bonds. The number of hydrogen-bond donors (Lipinski definition) is 1. The average Bonchev–Trinajstić information content (AvgIpc) is 4.07. The van der Waals surface area contributed by atoms with Gasteiger partial charge in [-0.25, -0.2) is 18.4 Å². The number of nitrogens with one attached hydrogen (secondary N) is 1. The number of Topliss-reactive ketones (excluding diaryl/α,β-unsaturated/α-hetero) is 1. The highest BCUT2D eigenvalue weighted by Crippen LogP contribution is 2.57. The first-order chi connectivity index (χ1) is 29.2. The predicted octanol–water partition coefficient (Wildman–Crippen LogP) is 8.13. The summed E-state index contributed by atoms with van der Waals surface area (Å²) in [6.45, 7) is 1.88. The minimum atomic E-state index is -4.54. The lowest BCUT2D eigenvalue weighted by molar-refractivity contribution is -0.142. The number of nitrogens with zero attached hydrogens (tertiary/aromatic N) is 4.